The fraction of sp³-hybridized carbons (Fsp3) is 0.0625. The van der Waals surface area contributed by atoms with Gasteiger partial charge in [-0.05, 0) is 23.8 Å². The number of H-pyrrole nitrogens is 1. The lowest BCUT2D eigenvalue weighted by Gasteiger charge is -2.12. The maximum atomic E-state index is 13.8. The van der Waals surface area contributed by atoms with E-state index in [-0.39, 0.29) is 5.56 Å². The Hall–Kier alpha value is -2.53. The number of aliphatic hydroxyl groups excluding tert-OH is 1. The van der Waals surface area contributed by atoms with Gasteiger partial charge in [0, 0.05) is 11.1 Å². The highest BCUT2D eigenvalue weighted by Gasteiger charge is 2.21. The van der Waals surface area contributed by atoms with Crippen LogP contribution in [0.3, 0.4) is 0 Å². The molecule has 0 saturated heterocycles. The maximum absolute atomic E-state index is 13.8. The molecule has 0 aliphatic rings. The molecule has 0 aliphatic heterocycles. The van der Waals surface area contributed by atoms with Crippen LogP contribution in [0.1, 0.15) is 17.2 Å². The second kappa shape index (κ2) is 5.46. The van der Waals surface area contributed by atoms with Crippen molar-refractivity contribution in [3.8, 4) is 11.3 Å². The molecule has 0 radical (unpaired) electrons. The summed E-state index contributed by atoms with van der Waals surface area (Å²) >= 11 is 0. The smallest absolute Gasteiger partial charge is 0.129 e. The summed E-state index contributed by atoms with van der Waals surface area (Å²) in [6.45, 7) is 0. The van der Waals surface area contributed by atoms with Crippen LogP contribution in [0.25, 0.3) is 11.3 Å². The molecule has 0 aliphatic carbocycles. The Morgan fingerprint density at radius 3 is 2.52 bits per heavy atom. The van der Waals surface area contributed by atoms with E-state index in [1.807, 2.05) is 30.3 Å². The highest BCUT2D eigenvalue weighted by Crippen LogP contribution is 2.31. The lowest BCUT2D eigenvalue weighted by molar-refractivity contribution is 0.215. The summed E-state index contributed by atoms with van der Waals surface area (Å²) in [5.41, 5.74) is 1.66. The van der Waals surface area contributed by atoms with Crippen LogP contribution in [0.15, 0.2) is 54.7 Å². The van der Waals surface area contributed by atoms with Crippen LogP contribution in [-0.4, -0.2) is 15.3 Å². The minimum atomic E-state index is -1.30. The zero-order valence-electron chi connectivity index (χ0n) is 10.9. The molecule has 1 unspecified atom stereocenters. The van der Waals surface area contributed by atoms with Crippen molar-refractivity contribution in [1.29, 1.82) is 0 Å². The molecule has 0 bridgehead atoms. The molecule has 2 N–H and O–H groups in total. The van der Waals surface area contributed by atoms with Gasteiger partial charge in [0.25, 0.3) is 0 Å². The van der Waals surface area contributed by atoms with E-state index in [2.05, 4.69) is 10.2 Å². The minimum Gasteiger partial charge on any atom is -0.383 e. The summed E-state index contributed by atoms with van der Waals surface area (Å²) in [6, 6.07) is 12.2. The number of aromatic amines is 1. The Balaban J connectivity index is 2.06. The van der Waals surface area contributed by atoms with Gasteiger partial charge >= 0.3 is 0 Å². The molecule has 0 saturated carbocycles. The summed E-state index contributed by atoms with van der Waals surface area (Å²) in [5.74, 6) is -1.26. The summed E-state index contributed by atoms with van der Waals surface area (Å²) < 4.78 is 27.1. The lowest BCUT2D eigenvalue weighted by Crippen LogP contribution is -2.04. The van der Waals surface area contributed by atoms with E-state index < -0.39 is 17.7 Å². The number of halogens is 2. The molecule has 3 nitrogen and oxygen atoms in total. The molecule has 21 heavy (non-hydrogen) atoms. The van der Waals surface area contributed by atoms with E-state index in [9.17, 15) is 13.9 Å². The normalized spacial score (nSPS) is 12.3. The minimum absolute atomic E-state index is 0.117. The quantitative estimate of drug-likeness (QED) is 0.775. The Morgan fingerprint density at radius 2 is 1.76 bits per heavy atom. The standard InChI is InChI=1S/C16H12F2N2O/c17-11-6-7-14(18)12(8-11)16(21)13-9-19-20-15(13)10-4-2-1-3-5-10/h1-9,16,21H,(H,19,20). The van der Waals surface area contributed by atoms with E-state index in [0.717, 1.165) is 23.8 Å². The van der Waals surface area contributed by atoms with Crippen LogP contribution in [0.4, 0.5) is 8.78 Å². The zero-order valence-corrected chi connectivity index (χ0v) is 10.9. The molecule has 1 atom stereocenters. The van der Waals surface area contributed by atoms with Crippen molar-refractivity contribution in [3.63, 3.8) is 0 Å². The van der Waals surface area contributed by atoms with Gasteiger partial charge in [0.1, 0.15) is 17.7 Å². The van der Waals surface area contributed by atoms with Gasteiger partial charge in [0.2, 0.25) is 0 Å². The molecule has 0 spiro atoms. The van der Waals surface area contributed by atoms with Gasteiger partial charge in [-0.25, -0.2) is 8.78 Å². The predicted molar refractivity (Wildman–Crippen MR) is 74.4 cm³/mol. The lowest BCUT2D eigenvalue weighted by atomic mass is 9.98. The van der Waals surface area contributed by atoms with Crippen LogP contribution >= 0.6 is 0 Å². The molecule has 0 fully saturated rings. The summed E-state index contributed by atoms with van der Waals surface area (Å²) in [7, 11) is 0. The van der Waals surface area contributed by atoms with Crippen molar-refractivity contribution in [3.05, 3.63) is 77.5 Å². The zero-order chi connectivity index (χ0) is 14.8. The van der Waals surface area contributed by atoms with Crippen molar-refractivity contribution in [2.75, 3.05) is 0 Å². The van der Waals surface area contributed by atoms with Gasteiger partial charge < -0.3 is 5.11 Å². The highest BCUT2D eigenvalue weighted by molar-refractivity contribution is 5.63. The number of benzene rings is 2. The molecule has 1 aromatic heterocycles. The second-order valence-corrected chi connectivity index (χ2v) is 4.63. The fourth-order valence-electron chi connectivity index (χ4n) is 2.23. The predicted octanol–water partition coefficient (Wildman–Crippen LogP) is 3.44. The van der Waals surface area contributed by atoms with Gasteiger partial charge in [-0.3, -0.25) is 5.10 Å². The van der Waals surface area contributed by atoms with Gasteiger partial charge in [-0.15, -0.1) is 0 Å². The van der Waals surface area contributed by atoms with Gasteiger partial charge in [0.15, 0.2) is 0 Å². The number of aromatic nitrogens is 2. The first-order valence-electron chi connectivity index (χ1n) is 6.38. The third-order valence-electron chi connectivity index (χ3n) is 3.28. The molecular formula is C16H12F2N2O. The van der Waals surface area contributed by atoms with E-state index in [1.165, 1.54) is 6.20 Å². The molecule has 3 rings (SSSR count). The summed E-state index contributed by atoms with van der Waals surface area (Å²) in [5, 5.41) is 17.0. The van der Waals surface area contributed by atoms with Crippen molar-refractivity contribution in [2.45, 2.75) is 6.10 Å². The monoisotopic (exact) mass is 286 g/mol. The fourth-order valence-corrected chi connectivity index (χ4v) is 2.23. The molecule has 2 aromatic carbocycles. The van der Waals surface area contributed by atoms with Crippen molar-refractivity contribution in [2.24, 2.45) is 0 Å². The van der Waals surface area contributed by atoms with Crippen LogP contribution in [-0.2, 0) is 0 Å². The van der Waals surface area contributed by atoms with E-state index >= 15 is 0 Å². The average Bonchev–Trinajstić information content (AvgIpc) is 2.99. The first kappa shape index (κ1) is 13.5. The Morgan fingerprint density at radius 1 is 1.00 bits per heavy atom. The van der Waals surface area contributed by atoms with Crippen LogP contribution in [0.5, 0.6) is 0 Å². The third-order valence-corrected chi connectivity index (χ3v) is 3.28. The van der Waals surface area contributed by atoms with Gasteiger partial charge in [0.05, 0.1) is 11.9 Å². The first-order chi connectivity index (χ1) is 10.2. The van der Waals surface area contributed by atoms with Crippen molar-refractivity contribution < 1.29 is 13.9 Å². The summed E-state index contributed by atoms with van der Waals surface area (Å²) in [4.78, 5) is 0. The number of hydrogen-bond donors (Lipinski definition) is 2. The molecule has 106 valence electrons. The summed E-state index contributed by atoms with van der Waals surface area (Å²) in [6.07, 6.45) is 0.117. The van der Waals surface area contributed by atoms with Gasteiger partial charge in [-0.2, -0.15) is 5.10 Å². The number of hydrogen-bond acceptors (Lipinski definition) is 2. The number of nitrogens with one attached hydrogen (secondary N) is 1. The van der Waals surface area contributed by atoms with Crippen LogP contribution in [0.2, 0.25) is 0 Å². The SMILES string of the molecule is OC(c1cc(F)ccc1F)c1cn[nH]c1-c1ccccc1. The van der Waals surface area contributed by atoms with E-state index in [0.29, 0.717) is 11.3 Å². The van der Waals surface area contributed by atoms with Crippen LogP contribution < -0.4 is 0 Å². The molecule has 5 heteroatoms. The first-order valence-corrected chi connectivity index (χ1v) is 6.38. The van der Waals surface area contributed by atoms with Gasteiger partial charge in [-0.1, -0.05) is 30.3 Å². The maximum Gasteiger partial charge on any atom is 0.129 e. The largest absolute Gasteiger partial charge is 0.383 e. The topological polar surface area (TPSA) is 48.9 Å². The van der Waals surface area contributed by atoms with E-state index in [4.69, 9.17) is 0 Å². The number of aliphatic hydroxyl groups is 1. The van der Waals surface area contributed by atoms with Crippen LogP contribution in [0, 0.1) is 11.6 Å². The number of rotatable bonds is 3. The average molecular weight is 286 g/mol. The van der Waals surface area contributed by atoms with Crippen molar-refractivity contribution in [1.82, 2.24) is 10.2 Å². The highest BCUT2D eigenvalue weighted by atomic mass is 19.1. The Labute approximate surface area is 119 Å². The second-order valence-electron chi connectivity index (χ2n) is 4.63. The molecule has 0 amide bonds. The molecule has 3 aromatic rings. The Bertz CT molecular complexity index is 756. The number of nitrogens with zero attached hydrogens (tertiary/aromatic N) is 1. The molecular weight excluding hydrogens is 274 g/mol. The third kappa shape index (κ3) is 2.55. The Kier molecular flexibility index (Phi) is 3.50. The van der Waals surface area contributed by atoms with E-state index in [1.54, 1.807) is 0 Å². The molecule has 1 heterocycles. The van der Waals surface area contributed by atoms with Crippen molar-refractivity contribution >= 4 is 0 Å².